The maximum atomic E-state index is 16.0. The Hall–Kier alpha value is -14.4. The zero-order valence-electron chi connectivity index (χ0n) is 83.3. The predicted octanol–water partition coefficient (Wildman–Crippen LogP) is 11.0. The minimum Gasteiger partial charge on any atom is -0.445 e. The van der Waals surface area contributed by atoms with Gasteiger partial charge < -0.3 is 118 Å². The minimum absolute atomic E-state index is 0.0209. The number of amides is 16. The van der Waals surface area contributed by atoms with Gasteiger partial charge in [0.15, 0.2) is 0 Å². The van der Waals surface area contributed by atoms with Crippen molar-refractivity contribution >= 4 is 153 Å². The Bertz CT molecular complexity index is 5800. The second kappa shape index (κ2) is 64.8. The van der Waals surface area contributed by atoms with Gasteiger partial charge in [-0.05, 0) is 113 Å². The van der Waals surface area contributed by atoms with Crippen LogP contribution in [0.5, 0.6) is 0 Å². The van der Waals surface area contributed by atoms with E-state index in [4.69, 9.17) is 91.2 Å². The van der Waals surface area contributed by atoms with Gasteiger partial charge in [0.25, 0.3) is 0 Å². The number of hydrogen-bond acceptors (Lipinski definition) is 23. The summed E-state index contributed by atoms with van der Waals surface area (Å²) in [4.78, 5) is 237. The van der Waals surface area contributed by atoms with Crippen molar-refractivity contribution in [2.24, 2.45) is 0 Å². The predicted molar refractivity (Wildman–Crippen MR) is 559 cm³/mol. The monoisotopic (exact) mass is 2170 g/mol. The zero-order chi connectivity index (χ0) is 108. The number of benzene rings is 8. The summed E-state index contributed by atoms with van der Waals surface area (Å²) in [6.07, 6.45) is -7.42. The summed E-state index contributed by atoms with van der Waals surface area (Å²) in [5.74, 6) is -11.7. The molecule has 0 unspecified atom stereocenters. The first-order valence-electron chi connectivity index (χ1n) is 49.1. The van der Waals surface area contributed by atoms with Gasteiger partial charge in [0.2, 0.25) is 65.0 Å². The number of halogens is 5. The van der Waals surface area contributed by atoms with E-state index in [-0.39, 0.29) is 92.1 Å². The Kier molecular flexibility index (Phi) is 51.5. The Balaban J connectivity index is 1.12. The van der Waals surface area contributed by atoms with Crippen molar-refractivity contribution in [2.75, 3.05) is 39.3 Å². The van der Waals surface area contributed by atoms with Crippen molar-refractivity contribution in [1.82, 2.24) is 85.1 Å². The highest BCUT2D eigenvalue weighted by atomic mass is 35.5. The molecule has 16 amide bonds. The van der Waals surface area contributed by atoms with E-state index in [1.54, 1.807) is 212 Å². The summed E-state index contributed by atoms with van der Waals surface area (Å²) >= 11 is 32.0. The van der Waals surface area contributed by atoms with Gasteiger partial charge in [0.1, 0.15) is 93.5 Å². The zero-order valence-corrected chi connectivity index (χ0v) is 87.1. The van der Waals surface area contributed by atoms with Crippen LogP contribution in [0.15, 0.2) is 212 Å². The summed E-state index contributed by atoms with van der Waals surface area (Å²) in [5.41, 5.74) is 3.82. The van der Waals surface area contributed by atoms with Crippen molar-refractivity contribution in [3.63, 3.8) is 0 Å². The molecule has 804 valence electrons. The molecular weight excluding hydrogens is 2040 g/mol. The normalized spacial score (nSPS) is 17.3. The van der Waals surface area contributed by atoms with Crippen LogP contribution in [0.4, 0.5) is 24.0 Å². The Morgan fingerprint density at radius 1 is 0.353 bits per heavy atom. The second-order valence-corrected chi connectivity index (χ2v) is 37.1. The number of ether oxygens (including phenoxy) is 7. The van der Waals surface area contributed by atoms with Crippen LogP contribution in [-0.2, 0) is 139 Å². The molecular formula is C106H127Cl5N16O23. The maximum absolute atomic E-state index is 16.0. The van der Waals surface area contributed by atoms with Gasteiger partial charge >= 0.3 is 30.5 Å². The smallest absolute Gasteiger partial charge is 0.407 e. The molecule has 8 aromatic rings. The molecule has 0 aromatic heterocycles. The van der Waals surface area contributed by atoms with Gasteiger partial charge in [-0.2, -0.15) is 0 Å². The first kappa shape index (κ1) is 119. The number of hydrogen-bond donors (Lipinski definition) is 16. The molecule has 8 aromatic carbocycles. The Morgan fingerprint density at radius 3 is 1.13 bits per heavy atom. The summed E-state index contributed by atoms with van der Waals surface area (Å²) in [5, 5.41) is 43.5. The van der Waals surface area contributed by atoms with E-state index in [9.17, 15) is 33.6 Å². The SMILES string of the molecule is CCCCCCCC(=O)N[C@@H](CCNC(=O)OCc1ccccc1Cl)C(=O)N[C@H](C(=O)N[C@@H](CCNC(=O)OCc1ccccc1Cl)C(=O)N[C@H]1CCNC(=O)[C@H]([C@@H](C)OCc2ccccc2)NC(=O)[C@H](CCNC(=O)OCc2ccccc2Cl)NC(=O)[C@H](CCNC(=O)OCc2ccccc2Cl)NC(=O)[C@H](C)NC(=O)[C@@H](Cc2ccccc2)NC(=O)[C@H](CCNC(=O)OCc2ccccc2Cl)NC1=O)[C@@H](C)OCc1ccccc1. The number of nitrogens with one attached hydrogen (secondary N) is 16. The molecule has 0 saturated carbocycles. The fourth-order valence-corrected chi connectivity index (χ4v) is 16.0. The van der Waals surface area contributed by atoms with Gasteiger partial charge in [0.05, 0.1) is 25.4 Å². The van der Waals surface area contributed by atoms with E-state index in [0.29, 0.717) is 62.4 Å². The molecule has 0 radical (unpaired) electrons. The molecule has 9 rings (SSSR count). The number of rotatable bonds is 48. The van der Waals surface area contributed by atoms with E-state index >= 15 is 43.2 Å². The molecule has 1 aliphatic rings. The third-order valence-corrected chi connectivity index (χ3v) is 25.5. The third-order valence-electron chi connectivity index (χ3n) is 23.6. The van der Waals surface area contributed by atoms with E-state index in [1.165, 1.54) is 20.8 Å². The van der Waals surface area contributed by atoms with Crippen LogP contribution in [0.1, 0.15) is 149 Å². The molecule has 1 aliphatic heterocycles. The van der Waals surface area contributed by atoms with Crippen molar-refractivity contribution in [2.45, 2.75) is 230 Å². The quantitative estimate of drug-likeness (QED) is 0.0124. The molecule has 1 saturated heterocycles. The average Bonchev–Trinajstić information content (AvgIpc) is 0.937. The molecule has 1 heterocycles. The van der Waals surface area contributed by atoms with E-state index in [2.05, 4.69) is 85.1 Å². The van der Waals surface area contributed by atoms with Gasteiger partial charge in [-0.1, -0.05) is 273 Å². The van der Waals surface area contributed by atoms with E-state index in [1.807, 2.05) is 6.92 Å². The number of carbonyl (C=O) groups is 16. The lowest BCUT2D eigenvalue weighted by atomic mass is 10.0. The highest BCUT2D eigenvalue weighted by Crippen LogP contribution is 2.23. The fraction of sp³-hybridized carbons (Fsp3) is 0.396. The molecule has 0 bridgehead atoms. The lowest BCUT2D eigenvalue weighted by Crippen LogP contribution is -2.62. The van der Waals surface area contributed by atoms with Crippen LogP contribution in [-0.4, -0.2) is 207 Å². The summed E-state index contributed by atoms with van der Waals surface area (Å²) in [7, 11) is 0. The molecule has 16 N–H and O–H groups in total. The lowest BCUT2D eigenvalue weighted by molar-refractivity contribution is -0.138. The van der Waals surface area contributed by atoms with Gasteiger partial charge in [-0.15, -0.1) is 0 Å². The lowest BCUT2D eigenvalue weighted by Gasteiger charge is -2.30. The van der Waals surface area contributed by atoms with Crippen molar-refractivity contribution in [3.05, 3.63) is 282 Å². The van der Waals surface area contributed by atoms with Crippen LogP contribution in [0.25, 0.3) is 0 Å². The maximum Gasteiger partial charge on any atom is 0.407 e. The van der Waals surface area contributed by atoms with Gasteiger partial charge in [-0.25, -0.2) is 24.0 Å². The first-order valence-corrected chi connectivity index (χ1v) is 51.0. The van der Waals surface area contributed by atoms with Crippen molar-refractivity contribution < 1.29 is 110 Å². The fourth-order valence-electron chi connectivity index (χ4n) is 15.0. The van der Waals surface area contributed by atoms with E-state index < -0.39 is 233 Å². The van der Waals surface area contributed by atoms with Gasteiger partial charge in [0, 0.05) is 105 Å². The average molecular weight is 2170 g/mol. The minimum atomic E-state index is -2.01. The highest BCUT2D eigenvalue weighted by Gasteiger charge is 2.40. The number of carbonyl (C=O) groups excluding carboxylic acids is 16. The molecule has 44 heteroatoms. The van der Waals surface area contributed by atoms with Crippen molar-refractivity contribution in [3.8, 4) is 0 Å². The molecule has 39 nitrogen and oxygen atoms in total. The Morgan fingerprint density at radius 2 is 0.707 bits per heavy atom. The van der Waals surface area contributed by atoms with Crippen LogP contribution < -0.4 is 85.1 Å². The van der Waals surface area contributed by atoms with Crippen LogP contribution in [0.3, 0.4) is 0 Å². The summed E-state index contributed by atoms with van der Waals surface area (Å²) < 4.78 is 40.0. The van der Waals surface area contributed by atoms with Gasteiger partial charge in [-0.3, -0.25) is 52.7 Å². The molecule has 1 fully saturated rings. The van der Waals surface area contributed by atoms with E-state index in [0.717, 1.165) is 19.3 Å². The molecule has 0 aliphatic carbocycles. The van der Waals surface area contributed by atoms with Crippen LogP contribution in [0, 0.1) is 0 Å². The summed E-state index contributed by atoms with van der Waals surface area (Å²) in [6, 6.07) is 40.3. The second-order valence-electron chi connectivity index (χ2n) is 35.0. The highest BCUT2D eigenvalue weighted by molar-refractivity contribution is 6.32. The van der Waals surface area contributed by atoms with Crippen LogP contribution in [0.2, 0.25) is 25.1 Å². The first-order chi connectivity index (χ1) is 72.3. The standard InChI is InChI=1S/C106H127Cl5N16O23/c1-5-6-7-8-18-45-89(128)119-82(47-53-113-102(139)146-61-72-35-19-24-40-77(72)107)97(134)127-91(68(4)145-60-71-33-16-11-17-34-71)101(138)124-86(50-56-116-105(142)149-64-75-38-22-27-43-80(75)110)95(132)121-84-46-52-112-100(137)90(67(3)144-59-70-31-14-10-15-32-70)126-98(135)87(51-57-117-106(143)150-65-76-39-23-28-44-81(76)111)123-93(130)83(48-54-114-103(140)147-62-73-36-20-25-41-78(73)108)120-92(129)66(2)118-99(136)88(58-69-29-12-9-13-30-69)125-96(133)85(122-94(84)131)49-55-115-104(141)148-63-74-37-21-26-42-79(74)109/h9-17,19-44,66-68,82-88,90-91H,5-8,18,45-65H2,1-4H3,(H,112,137)(H,113,139)(H,114,140)(H,115,141)(H,116,142)(H,117,143)(H,118,136)(H,119,128)(H,120,129)(H,121,132)(H,122,131)(H,123,130)(H,124,138)(H,125,133)(H,126,135)(H,127,134)/t66-,67+,68+,82-,83-,84-,85-,86-,87-,88+,90-,91-/m0/s1. The topological polar surface area (TPSA) is 530 Å². The van der Waals surface area contributed by atoms with Crippen molar-refractivity contribution in [1.29, 1.82) is 0 Å². The largest absolute Gasteiger partial charge is 0.445 e. The number of alkyl carbamates (subject to hydrolysis) is 5. The molecule has 0 spiro atoms. The number of unbranched alkanes of at least 4 members (excludes halogenated alkanes) is 4. The third kappa shape index (κ3) is 42.7. The molecule has 150 heavy (non-hydrogen) atoms. The summed E-state index contributed by atoms with van der Waals surface area (Å²) in [6.45, 7) is 1.36. The molecule has 12 atom stereocenters. The Labute approximate surface area is 894 Å². The van der Waals surface area contributed by atoms with Crippen LogP contribution >= 0.6 is 58.0 Å².